The maximum Gasteiger partial charge on any atom is 0.124 e. The zero-order valence-electron chi connectivity index (χ0n) is 10.4. The predicted octanol–water partition coefficient (Wildman–Crippen LogP) is 3.17. The van der Waals surface area contributed by atoms with E-state index in [0.717, 1.165) is 30.8 Å². The van der Waals surface area contributed by atoms with E-state index >= 15 is 0 Å². The Morgan fingerprint density at radius 3 is 2.65 bits per heavy atom. The van der Waals surface area contributed by atoms with E-state index in [1.165, 1.54) is 0 Å². The summed E-state index contributed by atoms with van der Waals surface area (Å²) in [6.07, 6.45) is 1.96. The number of halogens is 1. The minimum Gasteiger partial charge on any atom is -0.493 e. The molecule has 1 aromatic rings. The monoisotopic (exact) mass is 257 g/mol. The molecule has 17 heavy (non-hydrogen) atoms. The van der Waals surface area contributed by atoms with Crippen molar-refractivity contribution < 1.29 is 9.47 Å². The summed E-state index contributed by atoms with van der Waals surface area (Å²) in [7, 11) is 1.70. The fourth-order valence-corrected chi connectivity index (χ4v) is 1.72. The Kier molecular flexibility index (Phi) is 6.34. The third-order valence-electron chi connectivity index (χ3n) is 2.46. The molecule has 0 spiro atoms. The van der Waals surface area contributed by atoms with Crippen LogP contribution in [0.5, 0.6) is 5.75 Å². The smallest absolute Gasteiger partial charge is 0.124 e. The summed E-state index contributed by atoms with van der Waals surface area (Å²) < 4.78 is 10.7. The van der Waals surface area contributed by atoms with Gasteiger partial charge in [-0.25, -0.2) is 0 Å². The van der Waals surface area contributed by atoms with Gasteiger partial charge in [-0.05, 0) is 38.0 Å². The number of hydrogen-bond donors (Lipinski definition) is 1. The minimum absolute atomic E-state index is 0.0809. The minimum atomic E-state index is -0.0809. The SMILES string of the molecule is COCCCCOc1ccc(Cl)cc1[C@@H](C)N. The van der Waals surface area contributed by atoms with E-state index in [2.05, 4.69) is 0 Å². The van der Waals surface area contributed by atoms with Crippen LogP contribution < -0.4 is 10.5 Å². The first-order valence-electron chi connectivity index (χ1n) is 5.82. The van der Waals surface area contributed by atoms with Crippen LogP contribution in [0.3, 0.4) is 0 Å². The zero-order valence-corrected chi connectivity index (χ0v) is 11.2. The molecule has 3 nitrogen and oxygen atoms in total. The lowest BCUT2D eigenvalue weighted by Crippen LogP contribution is -2.09. The maximum atomic E-state index is 5.94. The predicted molar refractivity (Wildman–Crippen MR) is 70.7 cm³/mol. The number of ether oxygens (including phenoxy) is 2. The number of nitrogens with two attached hydrogens (primary N) is 1. The highest BCUT2D eigenvalue weighted by atomic mass is 35.5. The fourth-order valence-electron chi connectivity index (χ4n) is 1.54. The van der Waals surface area contributed by atoms with E-state index in [1.807, 2.05) is 25.1 Å². The Balaban J connectivity index is 2.52. The lowest BCUT2D eigenvalue weighted by Gasteiger charge is -2.14. The molecule has 0 saturated heterocycles. The number of methoxy groups -OCH3 is 1. The van der Waals surface area contributed by atoms with Crippen LogP contribution in [0.15, 0.2) is 18.2 Å². The molecular weight excluding hydrogens is 238 g/mol. The Bertz CT molecular complexity index is 342. The number of unbranched alkanes of at least 4 members (excludes halogenated alkanes) is 1. The van der Waals surface area contributed by atoms with Gasteiger partial charge < -0.3 is 15.2 Å². The first-order valence-corrected chi connectivity index (χ1v) is 6.19. The van der Waals surface area contributed by atoms with Crippen LogP contribution in [0.25, 0.3) is 0 Å². The molecule has 0 fully saturated rings. The molecule has 1 atom stereocenters. The summed E-state index contributed by atoms with van der Waals surface area (Å²) in [4.78, 5) is 0. The van der Waals surface area contributed by atoms with E-state index in [0.29, 0.717) is 11.6 Å². The summed E-state index contributed by atoms with van der Waals surface area (Å²) in [6, 6.07) is 5.47. The quantitative estimate of drug-likeness (QED) is 0.763. The molecule has 4 heteroatoms. The standard InChI is InChI=1S/C13H20ClNO2/c1-10(15)12-9-11(14)5-6-13(12)17-8-4-3-7-16-2/h5-6,9-10H,3-4,7-8,15H2,1-2H3/t10-/m1/s1. The molecule has 0 radical (unpaired) electrons. The van der Waals surface area contributed by atoms with Crippen molar-refractivity contribution in [2.45, 2.75) is 25.8 Å². The average molecular weight is 258 g/mol. The molecule has 0 aliphatic rings. The summed E-state index contributed by atoms with van der Waals surface area (Å²) >= 11 is 5.94. The van der Waals surface area contributed by atoms with Crippen molar-refractivity contribution in [1.82, 2.24) is 0 Å². The summed E-state index contributed by atoms with van der Waals surface area (Å²) in [5, 5.41) is 0.684. The number of rotatable bonds is 7. The van der Waals surface area contributed by atoms with Crippen molar-refractivity contribution in [2.75, 3.05) is 20.3 Å². The van der Waals surface area contributed by atoms with E-state index < -0.39 is 0 Å². The van der Waals surface area contributed by atoms with Gasteiger partial charge in [0.1, 0.15) is 5.75 Å². The van der Waals surface area contributed by atoms with Gasteiger partial charge in [0.2, 0.25) is 0 Å². The van der Waals surface area contributed by atoms with Crippen LogP contribution in [-0.2, 0) is 4.74 Å². The lowest BCUT2D eigenvalue weighted by atomic mass is 10.1. The number of benzene rings is 1. The molecular formula is C13H20ClNO2. The molecule has 0 unspecified atom stereocenters. The van der Waals surface area contributed by atoms with E-state index in [1.54, 1.807) is 7.11 Å². The lowest BCUT2D eigenvalue weighted by molar-refractivity contribution is 0.184. The second-order valence-electron chi connectivity index (χ2n) is 4.02. The molecule has 2 N–H and O–H groups in total. The van der Waals surface area contributed by atoms with Gasteiger partial charge in [0.05, 0.1) is 6.61 Å². The van der Waals surface area contributed by atoms with Crippen molar-refractivity contribution >= 4 is 11.6 Å². The van der Waals surface area contributed by atoms with Gasteiger partial charge in [-0.2, -0.15) is 0 Å². The van der Waals surface area contributed by atoms with Crippen LogP contribution >= 0.6 is 11.6 Å². The fraction of sp³-hybridized carbons (Fsp3) is 0.538. The molecule has 1 rings (SSSR count). The second-order valence-corrected chi connectivity index (χ2v) is 4.46. The van der Waals surface area contributed by atoms with Crippen molar-refractivity contribution in [3.05, 3.63) is 28.8 Å². The highest BCUT2D eigenvalue weighted by Gasteiger charge is 2.08. The van der Waals surface area contributed by atoms with Gasteiger partial charge in [0, 0.05) is 30.3 Å². The zero-order chi connectivity index (χ0) is 12.7. The molecule has 1 aromatic carbocycles. The third kappa shape index (κ3) is 4.94. The first-order chi connectivity index (χ1) is 8.15. The van der Waals surface area contributed by atoms with Crippen LogP contribution in [0.2, 0.25) is 5.02 Å². The summed E-state index contributed by atoms with van der Waals surface area (Å²) in [5.41, 5.74) is 6.83. The van der Waals surface area contributed by atoms with Crippen molar-refractivity contribution in [3.8, 4) is 5.75 Å². The van der Waals surface area contributed by atoms with Crippen LogP contribution in [0.4, 0.5) is 0 Å². The Hall–Kier alpha value is -0.770. The van der Waals surface area contributed by atoms with Crippen molar-refractivity contribution in [2.24, 2.45) is 5.73 Å². The molecule has 0 aliphatic carbocycles. The Labute approximate surface area is 108 Å². The topological polar surface area (TPSA) is 44.5 Å². The van der Waals surface area contributed by atoms with Gasteiger partial charge in [-0.15, -0.1) is 0 Å². The molecule has 0 aromatic heterocycles. The Morgan fingerprint density at radius 1 is 1.29 bits per heavy atom. The normalized spacial score (nSPS) is 12.5. The molecule has 0 bridgehead atoms. The van der Waals surface area contributed by atoms with Crippen LogP contribution in [-0.4, -0.2) is 20.3 Å². The van der Waals surface area contributed by atoms with Crippen molar-refractivity contribution in [1.29, 1.82) is 0 Å². The van der Waals surface area contributed by atoms with Gasteiger partial charge in [0.15, 0.2) is 0 Å². The third-order valence-corrected chi connectivity index (χ3v) is 2.70. The maximum absolute atomic E-state index is 5.94. The Morgan fingerprint density at radius 2 is 2.00 bits per heavy atom. The molecule has 96 valence electrons. The van der Waals surface area contributed by atoms with E-state index in [9.17, 15) is 0 Å². The number of hydrogen-bond acceptors (Lipinski definition) is 3. The van der Waals surface area contributed by atoms with E-state index in [4.69, 9.17) is 26.8 Å². The molecule has 0 heterocycles. The average Bonchev–Trinajstić information content (AvgIpc) is 2.30. The summed E-state index contributed by atoms with van der Waals surface area (Å²) in [6.45, 7) is 3.36. The first kappa shape index (κ1) is 14.3. The molecule has 0 aliphatic heterocycles. The van der Waals surface area contributed by atoms with Crippen molar-refractivity contribution in [3.63, 3.8) is 0 Å². The van der Waals surface area contributed by atoms with Crippen LogP contribution in [0.1, 0.15) is 31.4 Å². The van der Waals surface area contributed by atoms with Gasteiger partial charge in [0.25, 0.3) is 0 Å². The van der Waals surface area contributed by atoms with Gasteiger partial charge in [-0.3, -0.25) is 0 Å². The molecule has 0 amide bonds. The largest absolute Gasteiger partial charge is 0.493 e. The highest BCUT2D eigenvalue weighted by Crippen LogP contribution is 2.27. The second kappa shape index (κ2) is 7.54. The van der Waals surface area contributed by atoms with Crippen LogP contribution in [0, 0.1) is 0 Å². The molecule has 0 saturated carbocycles. The summed E-state index contributed by atoms with van der Waals surface area (Å²) in [5.74, 6) is 0.821. The van der Waals surface area contributed by atoms with E-state index in [-0.39, 0.29) is 6.04 Å². The highest BCUT2D eigenvalue weighted by molar-refractivity contribution is 6.30. The van der Waals surface area contributed by atoms with Gasteiger partial charge >= 0.3 is 0 Å². The van der Waals surface area contributed by atoms with Gasteiger partial charge in [-0.1, -0.05) is 11.6 Å².